The highest BCUT2D eigenvalue weighted by molar-refractivity contribution is 6.30. The molecular weight excluding hydrogens is 518 g/mol. The Morgan fingerprint density at radius 2 is 1.23 bits per heavy atom. The highest BCUT2D eigenvalue weighted by Gasteiger charge is 2.22. The van der Waals surface area contributed by atoms with Crippen molar-refractivity contribution in [2.24, 2.45) is 0 Å². The summed E-state index contributed by atoms with van der Waals surface area (Å²) in [4.78, 5) is 0. The van der Waals surface area contributed by atoms with E-state index in [2.05, 4.69) is 10.2 Å². The predicted octanol–water partition coefficient (Wildman–Crippen LogP) is 8.09. The number of aromatic nitrogens is 4. The summed E-state index contributed by atoms with van der Waals surface area (Å²) in [7, 11) is 0. The van der Waals surface area contributed by atoms with Crippen molar-refractivity contribution >= 4 is 11.6 Å². The molecule has 0 aliphatic carbocycles. The van der Waals surface area contributed by atoms with Crippen LogP contribution < -0.4 is 0 Å². The number of hydrogen-bond donors (Lipinski definition) is 1. The van der Waals surface area contributed by atoms with Crippen LogP contribution in [0.2, 0.25) is 5.02 Å². The quantitative estimate of drug-likeness (QED) is 0.277. The summed E-state index contributed by atoms with van der Waals surface area (Å²) in [6.07, 6.45) is 4.28. The van der Waals surface area contributed by atoms with Gasteiger partial charge < -0.3 is 5.11 Å². The average Bonchev–Trinajstić information content (AvgIpc) is 3.74. The second-order valence-electron chi connectivity index (χ2n) is 9.09. The van der Waals surface area contributed by atoms with E-state index in [9.17, 15) is 8.78 Å². The van der Waals surface area contributed by atoms with Gasteiger partial charge in [-0.05, 0) is 86.6 Å². The Labute approximate surface area is 235 Å². The SMILES string of the molecule is CC.CC.Cc1c(-c2cc(CO)ccc2F)nn2c1CCC2.Cc1c(-c2cc(Cl)ccc2F)nn2c1CCC2. The molecule has 0 radical (unpaired) electrons. The van der Waals surface area contributed by atoms with Crippen molar-refractivity contribution < 1.29 is 13.9 Å². The van der Waals surface area contributed by atoms with Gasteiger partial charge in [-0.25, -0.2) is 8.78 Å². The maximum absolute atomic E-state index is 13.9. The summed E-state index contributed by atoms with van der Waals surface area (Å²) in [6.45, 7) is 13.8. The molecule has 8 heteroatoms. The first-order valence-corrected chi connectivity index (χ1v) is 14.2. The molecule has 0 saturated carbocycles. The minimum absolute atomic E-state index is 0.0834. The predicted molar refractivity (Wildman–Crippen MR) is 155 cm³/mol. The summed E-state index contributed by atoms with van der Waals surface area (Å²) in [5, 5.41) is 18.6. The normalized spacial score (nSPS) is 12.9. The van der Waals surface area contributed by atoms with Crippen LogP contribution in [-0.2, 0) is 32.5 Å². The molecular formula is C31H39ClF2N4O. The van der Waals surface area contributed by atoms with Gasteiger partial charge in [0.2, 0.25) is 0 Å². The smallest absolute Gasteiger partial charge is 0.132 e. The molecule has 4 aromatic rings. The van der Waals surface area contributed by atoms with Gasteiger partial charge in [-0.2, -0.15) is 10.2 Å². The first-order valence-electron chi connectivity index (χ1n) is 13.8. The zero-order valence-corrected chi connectivity index (χ0v) is 24.5. The first-order chi connectivity index (χ1) is 18.9. The lowest BCUT2D eigenvalue weighted by molar-refractivity contribution is 0.282. The van der Waals surface area contributed by atoms with E-state index >= 15 is 0 Å². The van der Waals surface area contributed by atoms with Crippen molar-refractivity contribution in [2.75, 3.05) is 0 Å². The van der Waals surface area contributed by atoms with Crippen LogP contribution in [0.3, 0.4) is 0 Å². The number of rotatable bonds is 3. The third-order valence-corrected chi connectivity index (χ3v) is 7.09. The molecule has 2 aliphatic heterocycles. The van der Waals surface area contributed by atoms with Crippen molar-refractivity contribution in [3.63, 3.8) is 0 Å². The molecule has 5 nitrogen and oxygen atoms in total. The molecule has 2 aromatic heterocycles. The van der Waals surface area contributed by atoms with Gasteiger partial charge in [0.25, 0.3) is 0 Å². The summed E-state index contributed by atoms with van der Waals surface area (Å²) < 4.78 is 31.6. The number of fused-ring (bicyclic) bond motifs is 2. The molecule has 1 N–H and O–H groups in total. The Balaban J connectivity index is 0.000000192. The average molecular weight is 557 g/mol. The maximum atomic E-state index is 13.9. The summed E-state index contributed by atoms with van der Waals surface area (Å²) in [6, 6.07) is 9.26. The minimum Gasteiger partial charge on any atom is -0.392 e. The number of aryl methyl sites for hydroxylation is 2. The lowest BCUT2D eigenvalue weighted by Crippen LogP contribution is -1.95. The van der Waals surface area contributed by atoms with Gasteiger partial charge in [-0.3, -0.25) is 9.36 Å². The topological polar surface area (TPSA) is 55.9 Å². The second kappa shape index (κ2) is 13.9. The molecule has 0 atom stereocenters. The Morgan fingerprint density at radius 3 is 1.69 bits per heavy atom. The molecule has 0 spiro atoms. The number of benzene rings is 2. The monoisotopic (exact) mass is 556 g/mol. The summed E-state index contributed by atoms with van der Waals surface area (Å²) in [5.74, 6) is -0.554. The molecule has 0 amide bonds. The molecule has 2 aliphatic rings. The Bertz CT molecular complexity index is 1410. The third kappa shape index (κ3) is 6.42. The largest absolute Gasteiger partial charge is 0.392 e. The molecule has 210 valence electrons. The van der Waals surface area contributed by atoms with E-state index < -0.39 is 0 Å². The van der Waals surface area contributed by atoms with Crippen LogP contribution >= 0.6 is 11.6 Å². The van der Waals surface area contributed by atoms with Gasteiger partial charge in [-0.1, -0.05) is 45.4 Å². The molecule has 0 unspecified atom stereocenters. The third-order valence-electron chi connectivity index (χ3n) is 6.86. The fourth-order valence-corrected chi connectivity index (χ4v) is 5.18. The zero-order valence-electron chi connectivity index (χ0n) is 23.8. The number of nitrogens with zero attached hydrogens (tertiary/aromatic N) is 4. The van der Waals surface area contributed by atoms with Crippen LogP contribution in [0, 0.1) is 25.5 Å². The van der Waals surface area contributed by atoms with Gasteiger partial charge in [0.05, 0.1) is 18.0 Å². The molecule has 6 rings (SSSR count). The lowest BCUT2D eigenvalue weighted by atomic mass is 10.0. The number of aliphatic hydroxyl groups excluding tert-OH is 1. The summed E-state index contributed by atoms with van der Waals surface area (Å²) in [5.41, 5.74) is 7.68. The highest BCUT2D eigenvalue weighted by atomic mass is 35.5. The van der Waals surface area contributed by atoms with E-state index in [-0.39, 0.29) is 18.2 Å². The van der Waals surface area contributed by atoms with Crippen LogP contribution in [-0.4, -0.2) is 24.7 Å². The number of hydrogen-bond acceptors (Lipinski definition) is 3. The first kappa shape index (κ1) is 30.5. The highest BCUT2D eigenvalue weighted by Crippen LogP contribution is 2.32. The fraction of sp³-hybridized carbons (Fsp3) is 0.419. The van der Waals surface area contributed by atoms with Crippen molar-refractivity contribution in [1.29, 1.82) is 0 Å². The van der Waals surface area contributed by atoms with E-state index in [1.165, 1.54) is 23.5 Å². The second-order valence-corrected chi connectivity index (χ2v) is 9.53. The van der Waals surface area contributed by atoms with E-state index in [4.69, 9.17) is 16.7 Å². The van der Waals surface area contributed by atoms with Crippen molar-refractivity contribution in [3.8, 4) is 22.5 Å². The fourth-order valence-electron chi connectivity index (χ4n) is 5.01. The lowest BCUT2D eigenvalue weighted by Gasteiger charge is -2.04. The number of aliphatic hydroxyl groups is 1. The van der Waals surface area contributed by atoms with Gasteiger partial charge in [0, 0.05) is 40.6 Å². The minimum atomic E-state index is -0.285. The van der Waals surface area contributed by atoms with Gasteiger partial charge in [0.15, 0.2) is 0 Å². The van der Waals surface area contributed by atoms with Crippen LogP contribution in [0.4, 0.5) is 8.78 Å². The maximum Gasteiger partial charge on any atom is 0.132 e. The molecule has 39 heavy (non-hydrogen) atoms. The van der Waals surface area contributed by atoms with E-state index in [0.29, 0.717) is 27.4 Å². The van der Waals surface area contributed by atoms with Crippen molar-refractivity contribution in [2.45, 2.75) is 86.9 Å². The van der Waals surface area contributed by atoms with E-state index in [1.54, 1.807) is 24.3 Å². The van der Waals surface area contributed by atoms with Gasteiger partial charge in [-0.15, -0.1) is 0 Å². The van der Waals surface area contributed by atoms with E-state index in [1.807, 2.05) is 50.9 Å². The van der Waals surface area contributed by atoms with Crippen LogP contribution in [0.25, 0.3) is 22.5 Å². The Hall–Kier alpha value is -3.03. The molecule has 4 heterocycles. The molecule has 0 fully saturated rings. The van der Waals surface area contributed by atoms with Crippen molar-refractivity contribution in [1.82, 2.24) is 19.6 Å². The molecule has 0 saturated heterocycles. The Kier molecular flexibility index (Phi) is 10.8. The zero-order chi connectivity index (χ0) is 28.7. The van der Waals surface area contributed by atoms with Crippen LogP contribution in [0.15, 0.2) is 36.4 Å². The van der Waals surface area contributed by atoms with Crippen molar-refractivity contribution in [3.05, 3.63) is 81.1 Å². The standard InChI is InChI=1S/C14H15FN2O.C13H12ClFN2.2C2H6/c1-9-13-3-2-6-17(13)16-14(9)11-7-10(8-18)4-5-12(11)15;1-8-12-3-2-6-17(12)16-13(8)10-7-9(14)4-5-11(10)15;2*1-2/h4-5,7,18H,2-3,6,8H2,1H3;4-5,7H,2-3,6H2,1H3;2*1-2H3. The van der Waals surface area contributed by atoms with Gasteiger partial charge >= 0.3 is 0 Å². The Morgan fingerprint density at radius 1 is 0.769 bits per heavy atom. The van der Waals surface area contributed by atoms with E-state index in [0.717, 1.165) is 55.6 Å². The van der Waals surface area contributed by atoms with Crippen LogP contribution in [0.1, 0.15) is 68.6 Å². The summed E-state index contributed by atoms with van der Waals surface area (Å²) >= 11 is 5.91. The van der Waals surface area contributed by atoms with Crippen LogP contribution in [0.5, 0.6) is 0 Å². The number of halogens is 3. The van der Waals surface area contributed by atoms with Gasteiger partial charge in [0.1, 0.15) is 11.6 Å². The molecule has 2 aromatic carbocycles. The molecule has 0 bridgehead atoms.